The largest absolute Gasteiger partial charge is 0.480 e. The number of aliphatic carboxylic acids is 1. The van der Waals surface area contributed by atoms with Crippen LogP contribution in [-0.4, -0.2) is 193 Å². The lowest BCUT2D eigenvalue weighted by Crippen LogP contribution is -2.67. The van der Waals surface area contributed by atoms with Crippen LogP contribution in [0.25, 0.3) is 0 Å². The van der Waals surface area contributed by atoms with E-state index in [1.165, 1.54) is 40.3 Å². The number of fused-ring (bicyclic) bond motifs is 1. The highest BCUT2D eigenvalue weighted by atomic mass is 32.2. The molecular weight excluding hydrogens is 917 g/mol. The molecule has 9 atom stereocenters. The van der Waals surface area contributed by atoms with Crippen LogP contribution in [-0.2, 0) is 47.9 Å². The number of rotatable bonds is 18. The maximum atomic E-state index is 14.9. The molecule has 0 aromatic rings. The number of nitrogens with two attached hydrogens (primary N) is 2. The molecule has 6 rings (SSSR count). The van der Waals surface area contributed by atoms with E-state index >= 15 is 0 Å². The van der Waals surface area contributed by atoms with Gasteiger partial charge in [-0.3, -0.25) is 52.9 Å². The molecule has 0 aliphatic carbocycles. The van der Waals surface area contributed by atoms with Crippen LogP contribution in [0.5, 0.6) is 0 Å². The fourth-order valence-electron chi connectivity index (χ4n) is 11.0. The van der Waals surface area contributed by atoms with Gasteiger partial charge in [-0.2, -0.15) is 0 Å². The lowest BCUT2D eigenvalue weighted by molar-refractivity contribution is -0.160. The number of guanidine groups is 1. The van der Waals surface area contributed by atoms with E-state index in [9.17, 15) is 47.9 Å². The van der Waals surface area contributed by atoms with Gasteiger partial charge in [-0.15, -0.1) is 11.8 Å². The minimum absolute atomic E-state index is 0.0664. The zero-order valence-corrected chi connectivity index (χ0v) is 40.9. The van der Waals surface area contributed by atoms with E-state index in [0.29, 0.717) is 77.2 Å². The molecule has 0 bridgehead atoms. The number of nitrogens with zero attached hydrogens (tertiary/aromatic N) is 6. The standard InChI is InChI=1S/C45H70N12O11S/c1-25(2)22-29(52-38(63)32-13-8-20-55(32)41(66)28(10-5-17-48-44(46)47)51-37(62)31-12-6-18-53(31)27(4)58)42(67)56-21-9-15-45(56)16-14-34-57(43(45)68)33(24-69-34)39(64)50-26(3)40(65)54-19-7-11-30(54)36(61)49-23-35(59)60/h25-26,28-34H,5-24H2,1-4H3,(H,49,61)(H,50,64)(H,51,62)(H,52,63)(H,59,60)(H4,46,47,48)/t26-,28-,29-,30-,31+,32+,33+,34-,45-/m0/s1. The van der Waals surface area contributed by atoms with Crippen LogP contribution in [0.2, 0.25) is 0 Å². The Balaban J connectivity index is 1.13. The van der Waals surface area contributed by atoms with Gasteiger partial charge in [0, 0.05) is 45.4 Å². The predicted octanol–water partition coefficient (Wildman–Crippen LogP) is -1.82. The zero-order chi connectivity index (χ0) is 50.3. The molecule has 0 radical (unpaired) electrons. The Morgan fingerprint density at radius 2 is 1.30 bits per heavy atom. The molecular formula is C45H70N12O11S. The Morgan fingerprint density at radius 3 is 1.91 bits per heavy atom. The summed E-state index contributed by atoms with van der Waals surface area (Å²) in [7, 11) is 0. The highest BCUT2D eigenvalue weighted by Gasteiger charge is 2.59. The first-order chi connectivity index (χ1) is 32.7. The molecule has 6 aliphatic heterocycles. The number of hydrogen-bond donors (Lipinski definition) is 7. The highest BCUT2D eigenvalue weighted by molar-refractivity contribution is 8.00. The molecule has 24 heteroatoms. The summed E-state index contributed by atoms with van der Waals surface area (Å²) in [6, 6.07) is -6.68. The van der Waals surface area contributed by atoms with Crippen molar-refractivity contribution in [3.05, 3.63) is 0 Å². The van der Waals surface area contributed by atoms with E-state index in [1.807, 2.05) is 13.8 Å². The van der Waals surface area contributed by atoms with Crippen molar-refractivity contribution >= 4 is 76.9 Å². The Bertz CT molecular complexity index is 2050. The monoisotopic (exact) mass is 987 g/mol. The van der Waals surface area contributed by atoms with Crippen molar-refractivity contribution in [2.24, 2.45) is 22.4 Å². The van der Waals surface area contributed by atoms with E-state index in [1.54, 1.807) is 9.80 Å². The number of carbonyl (C=O) groups excluding carboxylic acids is 9. The number of nitrogens with one attached hydrogen (secondary N) is 4. The molecule has 1 spiro atoms. The first-order valence-electron chi connectivity index (χ1n) is 24.4. The second-order valence-corrected chi connectivity index (χ2v) is 20.7. The third-order valence-corrected chi connectivity index (χ3v) is 15.6. The molecule has 382 valence electrons. The predicted molar refractivity (Wildman–Crippen MR) is 251 cm³/mol. The summed E-state index contributed by atoms with van der Waals surface area (Å²) in [4.78, 5) is 147. The molecule has 9 N–H and O–H groups in total. The molecule has 0 aromatic carbocycles. The molecule has 6 saturated heterocycles. The summed E-state index contributed by atoms with van der Waals surface area (Å²) in [5.41, 5.74) is 9.75. The zero-order valence-electron chi connectivity index (χ0n) is 40.1. The second-order valence-electron chi connectivity index (χ2n) is 19.5. The smallest absolute Gasteiger partial charge is 0.322 e. The van der Waals surface area contributed by atoms with E-state index in [-0.39, 0.29) is 73.8 Å². The van der Waals surface area contributed by atoms with Crippen molar-refractivity contribution in [2.75, 3.05) is 45.0 Å². The molecule has 6 heterocycles. The Morgan fingerprint density at radius 1 is 0.725 bits per heavy atom. The minimum Gasteiger partial charge on any atom is -0.480 e. The van der Waals surface area contributed by atoms with Gasteiger partial charge >= 0.3 is 5.97 Å². The van der Waals surface area contributed by atoms with E-state index in [0.717, 1.165) is 0 Å². The number of piperidine rings is 1. The van der Waals surface area contributed by atoms with Gasteiger partial charge in [-0.25, -0.2) is 0 Å². The highest BCUT2D eigenvalue weighted by Crippen LogP contribution is 2.46. The average Bonchev–Trinajstić information content (AvgIpc) is 4.16. The van der Waals surface area contributed by atoms with Gasteiger partial charge in [0.25, 0.3) is 0 Å². The first kappa shape index (κ1) is 52.7. The second kappa shape index (κ2) is 22.8. The number of amides is 9. The molecule has 69 heavy (non-hydrogen) atoms. The number of carboxylic acid groups (broad SMARTS) is 1. The van der Waals surface area contributed by atoms with Crippen LogP contribution in [0.15, 0.2) is 4.99 Å². The van der Waals surface area contributed by atoms with Gasteiger partial charge in [0.2, 0.25) is 53.2 Å². The lowest BCUT2D eigenvalue weighted by Gasteiger charge is -2.47. The molecule has 23 nitrogen and oxygen atoms in total. The van der Waals surface area contributed by atoms with Gasteiger partial charge in [-0.05, 0) is 96.3 Å². The summed E-state index contributed by atoms with van der Waals surface area (Å²) in [6.45, 7) is 7.48. The fourth-order valence-corrected chi connectivity index (χ4v) is 12.4. The van der Waals surface area contributed by atoms with E-state index in [2.05, 4.69) is 26.3 Å². The van der Waals surface area contributed by atoms with Crippen molar-refractivity contribution in [1.29, 1.82) is 0 Å². The SMILES string of the molecule is CC(=O)N1CCC[C@@H]1C(=O)N[C@@H](CCCN=C(N)N)C(=O)N1CCC[C@@H]1C(=O)N[C@@H](CC(C)C)C(=O)N1CCC[C@@]12CC[C@@H]1SC[C@H](C(=O)N[C@@H](C)C(=O)N3CCC[C@H]3C(=O)NCC(=O)O)N1C2=O. The number of carboxylic acids is 1. The molecule has 6 aliphatic rings. The quantitative estimate of drug-likeness (QED) is 0.0452. The Kier molecular flexibility index (Phi) is 17.4. The third kappa shape index (κ3) is 11.9. The van der Waals surface area contributed by atoms with Crippen LogP contribution in [0.3, 0.4) is 0 Å². The minimum atomic E-state index is -1.28. The van der Waals surface area contributed by atoms with E-state index < -0.39 is 102 Å². The number of aliphatic imine (C=N–C) groups is 1. The van der Waals surface area contributed by atoms with Gasteiger partial charge in [0.05, 0.1) is 5.37 Å². The number of carbonyl (C=O) groups is 10. The van der Waals surface area contributed by atoms with Crippen molar-refractivity contribution in [1.82, 2.24) is 45.8 Å². The maximum Gasteiger partial charge on any atom is 0.322 e. The van der Waals surface area contributed by atoms with Gasteiger partial charge in [0.1, 0.15) is 54.4 Å². The third-order valence-electron chi connectivity index (χ3n) is 14.2. The van der Waals surface area contributed by atoms with Crippen molar-refractivity contribution in [3.8, 4) is 0 Å². The van der Waals surface area contributed by atoms with Crippen LogP contribution < -0.4 is 32.7 Å². The molecule has 9 amide bonds. The number of thioether (sulfide) groups is 1. The number of likely N-dealkylation sites (tertiary alicyclic amines) is 4. The number of hydrogen-bond acceptors (Lipinski definition) is 12. The summed E-state index contributed by atoms with van der Waals surface area (Å²) in [5, 5.41) is 19.5. The Labute approximate surface area is 406 Å². The van der Waals surface area contributed by atoms with Crippen molar-refractivity contribution < 1.29 is 53.1 Å². The Hall–Kier alpha value is -5.68. The summed E-state index contributed by atoms with van der Waals surface area (Å²) < 4.78 is 0. The summed E-state index contributed by atoms with van der Waals surface area (Å²) in [6.07, 6.45) is 5.19. The van der Waals surface area contributed by atoms with Crippen LogP contribution in [0.1, 0.15) is 111 Å². The summed E-state index contributed by atoms with van der Waals surface area (Å²) >= 11 is 1.45. The van der Waals surface area contributed by atoms with Gasteiger partial charge < -0.3 is 62.3 Å². The molecule has 0 saturated carbocycles. The summed E-state index contributed by atoms with van der Waals surface area (Å²) in [5.74, 6) is -5.33. The maximum absolute atomic E-state index is 14.9. The fraction of sp³-hybridized carbons (Fsp3) is 0.756. The van der Waals surface area contributed by atoms with Crippen LogP contribution in [0, 0.1) is 5.92 Å². The lowest BCUT2D eigenvalue weighted by atomic mass is 9.84. The molecule has 0 unspecified atom stereocenters. The van der Waals surface area contributed by atoms with Crippen LogP contribution in [0.4, 0.5) is 0 Å². The molecule has 6 fully saturated rings. The van der Waals surface area contributed by atoms with Crippen LogP contribution >= 0.6 is 11.8 Å². The normalized spacial score (nSPS) is 26.7. The van der Waals surface area contributed by atoms with Crippen molar-refractivity contribution in [3.63, 3.8) is 0 Å². The molecule has 0 aromatic heterocycles. The topological polar surface area (TPSA) is 320 Å². The van der Waals surface area contributed by atoms with Gasteiger partial charge in [0.15, 0.2) is 5.96 Å². The first-order valence-corrected chi connectivity index (χ1v) is 25.4. The van der Waals surface area contributed by atoms with E-state index in [4.69, 9.17) is 16.6 Å². The van der Waals surface area contributed by atoms with Gasteiger partial charge in [-0.1, -0.05) is 13.8 Å². The average molecular weight is 987 g/mol. The van der Waals surface area contributed by atoms with Crippen molar-refractivity contribution in [2.45, 2.75) is 164 Å².